The van der Waals surface area contributed by atoms with Crippen LogP contribution in [0.25, 0.3) is 0 Å². The summed E-state index contributed by atoms with van der Waals surface area (Å²) in [6.45, 7) is 4.52. The zero-order valence-corrected chi connectivity index (χ0v) is 19.1. The molecule has 1 fully saturated rings. The molecular formula is C22H23BrF3N3O3. The van der Waals surface area contributed by atoms with Gasteiger partial charge in [-0.2, -0.15) is 13.2 Å². The SMILES string of the molecule is CC(C)c1cc(Nc2cc(Br)cc(C(F)(F)F)c2)ncc1C(=O)NCC1CCOC(=O)C1. The van der Waals surface area contributed by atoms with E-state index in [4.69, 9.17) is 4.74 Å². The second kappa shape index (κ2) is 9.89. The van der Waals surface area contributed by atoms with E-state index in [-0.39, 0.29) is 40.3 Å². The molecule has 1 saturated heterocycles. The Morgan fingerprint density at radius 1 is 1.28 bits per heavy atom. The number of anilines is 2. The zero-order valence-electron chi connectivity index (χ0n) is 17.6. The summed E-state index contributed by atoms with van der Waals surface area (Å²) in [7, 11) is 0. The largest absolute Gasteiger partial charge is 0.466 e. The number of pyridine rings is 1. The van der Waals surface area contributed by atoms with Crippen molar-refractivity contribution in [1.29, 1.82) is 0 Å². The topological polar surface area (TPSA) is 80.3 Å². The van der Waals surface area contributed by atoms with Crippen molar-refractivity contribution in [2.45, 2.75) is 38.8 Å². The van der Waals surface area contributed by atoms with Gasteiger partial charge in [0.15, 0.2) is 0 Å². The third-order valence-corrected chi connectivity index (χ3v) is 5.55. The van der Waals surface area contributed by atoms with Crippen LogP contribution in [-0.2, 0) is 15.7 Å². The van der Waals surface area contributed by atoms with Crippen LogP contribution < -0.4 is 10.6 Å². The number of ether oxygens (including phenoxy) is 1. The summed E-state index contributed by atoms with van der Waals surface area (Å²) in [4.78, 5) is 28.4. The van der Waals surface area contributed by atoms with Gasteiger partial charge in [0.05, 0.1) is 24.2 Å². The number of cyclic esters (lactones) is 1. The van der Waals surface area contributed by atoms with Crippen LogP contribution in [0.2, 0.25) is 0 Å². The van der Waals surface area contributed by atoms with Crippen LogP contribution in [0.3, 0.4) is 0 Å². The highest BCUT2D eigenvalue weighted by atomic mass is 79.9. The van der Waals surface area contributed by atoms with Crippen molar-refractivity contribution in [3.05, 3.63) is 51.6 Å². The van der Waals surface area contributed by atoms with E-state index < -0.39 is 11.7 Å². The molecule has 1 atom stereocenters. The minimum Gasteiger partial charge on any atom is -0.466 e. The Morgan fingerprint density at radius 2 is 2.03 bits per heavy atom. The number of nitrogens with zero attached hydrogens (tertiary/aromatic N) is 1. The molecule has 0 saturated carbocycles. The molecule has 0 aliphatic carbocycles. The van der Waals surface area contributed by atoms with Crippen molar-refractivity contribution in [2.75, 3.05) is 18.5 Å². The average Bonchev–Trinajstić information content (AvgIpc) is 2.71. The molecule has 6 nitrogen and oxygen atoms in total. The normalized spacial score (nSPS) is 16.6. The Hall–Kier alpha value is -2.62. The third-order valence-electron chi connectivity index (χ3n) is 5.10. The molecule has 2 N–H and O–H groups in total. The van der Waals surface area contributed by atoms with E-state index in [9.17, 15) is 22.8 Å². The predicted molar refractivity (Wildman–Crippen MR) is 117 cm³/mol. The Labute approximate surface area is 192 Å². The lowest BCUT2D eigenvalue weighted by atomic mass is 9.97. The first-order valence-electron chi connectivity index (χ1n) is 10.1. The fraction of sp³-hybridized carbons (Fsp3) is 0.409. The number of hydrogen-bond acceptors (Lipinski definition) is 5. The number of nitrogens with one attached hydrogen (secondary N) is 2. The van der Waals surface area contributed by atoms with Crippen molar-refractivity contribution in [3.63, 3.8) is 0 Å². The number of rotatable bonds is 6. The van der Waals surface area contributed by atoms with E-state index in [1.807, 2.05) is 13.8 Å². The molecule has 1 amide bonds. The lowest BCUT2D eigenvalue weighted by Gasteiger charge is -2.22. The Morgan fingerprint density at radius 3 is 2.69 bits per heavy atom. The van der Waals surface area contributed by atoms with Crippen molar-refractivity contribution in [1.82, 2.24) is 10.3 Å². The third kappa shape index (κ3) is 6.21. The van der Waals surface area contributed by atoms with Crippen LogP contribution in [0.5, 0.6) is 0 Å². The van der Waals surface area contributed by atoms with Gasteiger partial charge in [0, 0.05) is 22.9 Å². The fourth-order valence-corrected chi connectivity index (χ4v) is 3.92. The number of hydrogen-bond donors (Lipinski definition) is 2. The predicted octanol–water partition coefficient (Wildman–Crippen LogP) is 5.41. The highest BCUT2D eigenvalue weighted by Crippen LogP contribution is 2.34. The molecule has 1 aliphatic rings. The molecule has 1 aromatic carbocycles. The van der Waals surface area contributed by atoms with E-state index in [1.54, 1.807) is 6.07 Å². The summed E-state index contributed by atoms with van der Waals surface area (Å²) in [6.07, 6.45) is -2.11. The van der Waals surface area contributed by atoms with Gasteiger partial charge in [0.25, 0.3) is 5.91 Å². The van der Waals surface area contributed by atoms with E-state index in [0.29, 0.717) is 36.5 Å². The lowest BCUT2D eigenvalue weighted by molar-refractivity contribution is -0.149. The number of carbonyl (C=O) groups excluding carboxylic acids is 2. The molecule has 172 valence electrons. The van der Waals surface area contributed by atoms with Crippen LogP contribution in [-0.4, -0.2) is 30.0 Å². The van der Waals surface area contributed by atoms with Crippen LogP contribution in [0, 0.1) is 5.92 Å². The van der Waals surface area contributed by atoms with E-state index >= 15 is 0 Å². The Kier molecular flexibility index (Phi) is 7.43. The maximum Gasteiger partial charge on any atom is 0.416 e. The quantitative estimate of drug-likeness (QED) is 0.504. The highest BCUT2D eigenvalue weighted by molar-refractivity contribution is 9.10. The van der Waals surface area contributed by atoms with Gasteiger partial charge in [-0.25, -0.2) is 4.98 Å². The van der Waals surface area contributed by atoms with Crippen molar-refractivity contribution in [2.24, 2.45) is 5.92 Å². The monoisotopic (exact) mass is 513 g/mol. The standard InChI is InChI=1S/C22H23BrF3N3O3/c1-12(2)17-9-19(29-16-7-14(22(24,25)26)6-15(23)8-16)27-11-18(17)21(31)28-10-13-3-4-32-20(30)5-13/h6-9,11-13H,3-5,10H2,1-2H3,(H,27,29)(H,28,31). The molecule has 2 heterocycles. The smallest absolute Gasteiger partial charge is 0.416 e. The first-order chi connectivity index (χ1) is 15.0. The van der Waals surface area contributed by atoms with E-state index in [0.717, 1.165) is 12.1 Å². The average molecular weight is 514 g/mol. The van der Waals surface area contributed by atoms with E-state index in [1.165, 1.54) is 12.3 Å². The lowest BCUT2D eigenvalue weighted by Crippen LogP contribution is -2.34. The van der Waals surface area contributed by atoms with Crippen molar-refractivity contribution < 1.29 is 27.5 Å². The second-order valence-electron chi connectivity index (χ2n) is 7.95. The summed E-state index contributed by atoms with van der Waals surface area (Å²) in [5, 5.41) is 5.73. The van der Waals surface area contributed by atoms with Gasteiger partial charge in [-0.3, -0.25) is 9.59 Å². The number of carbonyl (C=O) groups is 2. The second-order valence-corrected chi connectivity index (χ2v) is 8.87. The number of aromatic nitrogens is 1. The van der Waals surface area contributed by atoms with Crippen LogP contribution in [0.4, 0.5) is 24.7 Å². The summed E-state index contributed by atoms with van der Waals surface area (Å²) in [5.74, 6) is -0.259. The first-order valence-corrected chi connectivity index (χ1v) is 10.9. The number of alkyl halides is 3. The highest BCUT2D eigenvalue weighted by Gasteiger charge is 2.31. The van der Waals surface area contributed by atoms with Gasteiger partial charge < -0.3 is 15.4 Å². The fourth-order valence-electron chi connectivity index (χ4n) is 3.42. The zero-order chi connectivity index (χ0) is 23.5. The first kappa shape index (κ1) is 24.0. The molecular weight excluding hydrogens is 491 g/mol. The minimum atomic E-state index is -4.48. The van der Waals surface area contributed by atoms with Gasteiger partial charge in [-0.05, 0) is 48.1 Å². The van der Waals surface area contributed by atoms with Gasteiger partial charge >= 0.3 is 12.1 Å². The molecule has 0 spiro atoms. The van der Waals surface area contributed by atoms with Crippen LogP contribution in [0.15, 0.2) is 34.9 Å². The molecule has 3 rings (SSSR count). The number of amides is 1. The summed E-state index contributed by atoms with van der Waals surface area (Å²) < 4.78 is 44.5. The Balaban J connectivity index is 1.77. The van der Waals surface area contributed by atoms with Crippen molar-refractivity contribution >= 4 is 39.3 Å². The molecule has 0 radical (unpaired) electrons. The Bertz CT molecular complexity index is 1010. The summed E-state index contributed by atoms with van der Waals surface area (Å²) in [5.41, 5.74) is 0.514. The summed E-state index contributed by atoms with van der Waals surface area (Å²) >= 11 is 3.10. The molecule has 10 heteroatoms. The number of benzene rings is 1. The molecule has 2 aromatic rings. The molecule has 0 bridgehead atoms. The van der Waals surface area contributed by atoms with Crippen LogP contribution >= 0.6 is 15.9 Å². The van der Waals surface area contributed by atoms with Crippen LogP contribution in [0.1, 0.15) is 54.1 Å². The van der Waals surface area contributed by atoms with Crippen molar-refractivity contribution in [3.8, 4) is 0 Å². The number of halogens is 4. The van der Waals surface area contributed by atoms with Gasteiger partial charge in [0.2, 0.25) is 0 Å². The maximum absolute atomic E-state index is 13.1. The molecule has 32 heavy (non-hydrogen) atoms. The van der Waals surface area contributed by atoms with Gasteiger partial charge in [-0.15, -0.1) is 0 Å². The number of esters is 1. The van der Waals surface area contributed by atoms with Gasteiger partial charge in [-0.1, -0.05) is 29.8 Å². The molecule has 1 unspecified atom stereocenters. The minimum absolute atomic E-state index is 0.0240. The van der Waals surface area contributed by atoms with E-state index in [2.05, 4.69) is 31.5 Å². The molecule has 1 aromatic heterocycles. The van der Waals surface area contributed by atoms with Gasteiger partial charge in [0.1, 0.15) is 5.82 Å². The molecule has 1 aliphatic heterocycles. The maximum atomic E-state index is 13.1. The summed E-state index contributed by atoms with van der Waals surface area (Å²) in [6, 6.07) is 5.17.